The lowest BCUT2D eigenvalue weighted by atomic mass is 10.2. The number of aromatic nitrogens is 1. The second-order valence-corrected chi connectivity index (χ2v) is 4.58. The molecule has 2 nitrogen and oxygen atoms in total. The van der Waals surface area contributed by atoms with E-state index in [9.17, 15) is 4.39 Å². The highest BCUT2D eigenvalue weighted by atomic mass is 32.2. The Morgan fingerprint density at radius 3 is 3.07 bits per heavy atom. The zero-order valence-corrected chi connectivity index (χ0v) is 8.69. The van der Waals surface area contributed by atoms with Gasteiger partial charge < -0.3 is 5.32 Å². The van der Waals surface area contributed by atoms with E-state index in [0.29, 0.717) is 6.04 Å². The lowest BCUT2D eigenvalue weighted by Crippen LogP contribution is -2.25. The Balaban J connectivity index is 1.92. The molecule has 1 atom stereocenters. The van der Waals surface area contributed by atoms with E-state index in [1.165, 1.54) is 24.7 Å². The fraction of sp³-hybridized carbons (Fsp3) is 0.500. The molecule has 0 spiro atoms. The average molecular weight is 212 g/mol. The van der Waals surface area contributed by atoms with E-state index >= 15 is 0 Å². The first-order valence-corrected chi connectivity index (χ1v) is 5.96. The molecule has 1 aromatic rings. The summed E-state index contributed by atoms with van der Waals surface area (Å²) in [5.41, 5.74) is 0.916. The Morgan fingerprint density at radius 2 is 2.43 bits per heavy atom. The topological polar surface area (TPSA) is 24.9 Å². The van der Waals surface area contributed by atoms with Gasteiger partial charge in [-0.05, 0) is 30.7 Å². The van der Waals surface area contributed by atoms with Gasteiger partial charge in [0.25, 0.3) is 0 Å². The van der Waals surface area contributed by atoms with Crippen LogP contribution >= 0.6 is 11.8 Å². The molecular formula is C10H13FN2S. The van der Waals surface area contributed by atoms with Gasteiger partial charge in [-0.25, -0.2) is 4.98 Å². The molecule has 0 aliphatic carbocycles. The van der Waals surface area contributed by atoms with E-state index in [-0.39, 0.29) is 0 Å². The lowest BCUT2D eigenvalue weighted by Gasteiger charge is -2.23. The third-order valence-electron chi connectivity index (χ3n) is 2.26. The van der Waals surface area contributed by atoms with E-state index < -0.39 is 5.95 Å². The minimum atomic E-state index is -0.423. The molecule has 0 aromatic carbocycles. The molecule has 1 aliphatic rings. The van der Waals surface area contributed by atoms with Crippen LogP contribution in [0.4, 0.5) is 10.1 Å². The molecule has 1 aliphatic heterocycles. The highest BCUT2D eigenvalue weighted by Gasteiger charge is 2.12. The summed E-state index contributed by atoms with van der Waals surface area (Å²) in [7, 11) is 0. The summed E-state index contributed by atoms with van der Waals surface area (Å²) in [5.74, 6) is 1.98. The maximum absolute atomic E-state index is 12.5. The fourth-order valence-electron chi connectivity index (χ4n) is 1.55. The number of hydrogen-bond acceptors (Lipinski definition) is 3. The largest absolute Gasteiger partial charge is 0.380 e. The van der Waals surface area contributed by atoms with Crippen molar-refractivity contribution in [2.24, 2.45) is 0 Å². The summed E-state index contributed by atoms with van der Waals surface area (Å²) in [4.78, 5) is 3.61. The number of nitrogens with one attached hydrogen (secondary N) is 1. The molecular weight excluding hydrogens is 199 g/mol. The van der Waals surface area contributed by atoms with Crippen molar-refractivity contribution in [3.05, 3.63) is 24.3 Å². The number of halogens is 1. The maximum atomic E-state index is 12.5. The van der Waals surface area contributed by atoms with Gasteiger partial charge in [0.15, 0.2) is 0 Å². The zero-order valence-electron chi connectivity index (χ0n) is 7.87. The van der Waals surface area contributed by atoms with E-state index in [0.717, 1.165) is 11.4 Å². The van der Waals surface area contributed by atoms with E-state index in [1.54, 1.807) is 12.3 Å². The number of nitrogens with zero attached hydrogens (tertiary/aromatic N) is 1. The van der Waals surface area contributed by atoms with Crippen molar-refractivity contribution in [3.8, 4) is 0 Å². The third kappa shape index (κ3) is 2.61. The fourth-order valence-corrected chi connectivity index (χ4v) is 2.62. The van der Waals surface area contributed by atoms with Gasteiger partial charge in [0, 0.05) is 11.8 Å². The Morgan fingerprint density at radius 1 is 1.50 bits per heavy atom. The molecule has 0 amide bonds. The Bertz CT molecular complexity index is 283. The molecule has 76 valence electrons. The van der Waals surface area contributed by atoms with Crippen LogP contribution in [0, 0.1) is 5.95 Å². The number of pyridine rings is 1. The van der Waals surface area contributed by atoms with Crippen molar-refractivity contribution in [1.29, 1.82) is 0 Å². The Kier molecular flexibility index (Phi) is 3.24. The van der Waals surface area contributed by atoms with Gasteiger partial charge in [0.2, 0.25) is 5.95 Å². The normalized spacial score (nSPS) is 21.9. The van der Waals surface area contributed by atoms with Gasteiger partial charge in [-0.15, -0.1) is 0 Å². The monoisotopic (exact) mass is 212 g/mol. The molecule has 1 N–H and O–H groups in total. The summed E-state index contributed by atoms with van der Waals surface area (Å²) < 4.78 is 12.5. The van der Waals surface area contributed by atoms with Crippen LogP contribution in [-0.4, -0.2) is 22.5 Å². The van der Waals surface area contributed by atoms with Crippen molar-refractivity contribution >= 4 is 17.4 Å². The maximum Gasteiger partial charge on any atom is 0.212 e. The Labute approximate surface area is 87.3 Å². The van der Waals surface area contributed by atoms with Crippen molar-refractivity contribution < 1.29 is 4.39 Å². The number of rotatable bonds is 2. The number of anilines is 1. The van der Waals surface area contributed by atoms with Gasteiger partial charge >= 0.3 is 0 Å². The predicted octanol–water partition coefficient (Wildman–Crippen LogP) is 2.53. The predicted molar refractivity (Wildman–Crippen MR) is 58.2 cm³/mol. The SMILES string of the molecule is Fc1ccc(NC2CCCSC2)cn1. The van der Waals surface area contributed by atoms with E-state index in [4.69, 9.17) is 0 Å². The summed E-state index contributed by atoms with van der Waals surface area (Å²) >= 11 is 1.97. The third-order valence-corrected chi connectivity index (χ3v) is 3.47. The van der Waals surface area contributed by atoms with Crippen LogP contribution in [0.3, 0.4) is 0 Å². The first kappa shape index (κ1) is 9.77. The van der Waals surface area contributed by atoms with Gasteiger partial charge in [-0.2, -0.15) is 16.2 Å². The lowest BCUT2D eigenvalue weighted by molar-refractivity contribution is 0.583. The van der Waals surface area contributed by atoms with Crippen molar-refractivity contribution in [3.63, 3.8) is 0 Å². The van der Waals surface area contributed by atoms with Crippen molar-refractivity contribution in [2.75, 3.05) is 16.8 Å². The Hall–Kier alpha value is -0.770. The second kappa shape index (κ2) is 4.64. The van der Waals surface area contributed by atoms with Crippen LogP contribution in [0.5, 0.6) is 0 Å². The van der Waals surface area contributed by atoms with E-state index in [1.807, 2.05) is 11.8 Å². The molecule has 0 saturated carbocycles. The van der Waals surface area contributed by atoms with Crippen LogP contribution in [0.15, 0.2) is 18.3 Å². The van der Waals surface area contributed by atoms with Gasteiger partial charge in [-0.1, -0.05) is 0 Å². The minimum absolute atomic E-state index is 0.423. The van der Waals surface area contributed by atoms with E-state index in [2.05, 4.69) is 10.3 Å². The molecule has 4 heteroatoms. The quantitative estimate of drug-likeness (QED) is 0.762. The molecule has 2 rings (SSSR count). The van der Waals surface area contributed by atoms with Crippen molar-refractivity contribution in [1.82, 2.24) is 4.98 Å². The average Bonchev–Trinajstić information content (AvgIpc) is 2.23. The van der Waals surface area contributed by atoms with Crippen LogP contribution in [0.25, 0.3) is 0 Å². The molecule has 14 heavy (non-hydrogen) atoms. The van der Waals surface area contributed by atoms with Gasteiger partial charge in [-0.3, -0.25) is 0 Å². The highest BCUT2D eigenvalue weighted by molar-refractivity contribution is 7.99. The molecule has 1 saturated heterocycles. The molecule has 1 fully saturated rings. The second-order valence-electron chi connectivity index (χ2n) is 3.43. The minimum Gasteiger partial charge on any atom is -0.380 e. The van der Waals surface area contributed by atoms with Gasteiger partial charge in [0.05, 0.1) is 11.9 Å². The molecule has 1 unspecified atom stereocenters. The summed E-state index contributed by atoms with van der Waals surface area (Å²) in [6, 6.07) is 3.64. The smallest absolute Gasteiger partial charge is 0.212 e. The van der Waals surface area contributed by atoms with Gasteiger partial charge in [0.1, 0.15) is 0 Å². The standard InChI is InChI=1S/C10H13FN2S/c11-10-4-3-8(6-12-10)13-9-2-1-5-14-7-9/h3-4,6,9,13H,1-2,5,7H2. The van der Waals surface area contributed by atoms with Crippen LogP contribution in [0.1, 0.15) is 12.8 Å². The molecule has 0 radical (unpaired) electrons. The first-order chi connectivity index (χ1) is 6.84. The molecule has 0 bridgehead atoms. The van der Waals surface area contributed by atoms with Crippen LogP contribution < -0.4 is 5.32 Å². The molecule has 2 heterocycles. The zero-order chi connectivity index (χ0) is 9.80. The summed E-state index contributed by atoms with van der Waals surface area (Å²) in [6.07, 6.45) is 4.01. The molecule has 1 aromatic heterocycles. The highest BCUT2D eigenvalue weighted by Crippen LogP contribution is 2.20. The first-order valence-electron chi connectivity index (χ1n) is 4.80. The van der Waals surface area contributed by atoms with Crippen molar-refractivity contribution in [2.45, 2.75) is 18.9 Å². The van der Waals surface area contributed by atoms with Crippen LogP contribution in [0.2, 0.25) is 0 Å². The summed E-state index contributed by atoms with van der Waals surface area (Å²) in [5, 5.41) is 3.36. The number of hydrogen-bond donors (Lipinski definition) is 1. The van der Waals surface area contributed by atoms with Crippen LogP contribution in [-0.2, 0) is 0 Å². The summed E-state index contributed by atoms with van der Waals surface area (Å²) in [6.45, 7) is 0. The number of thioether (sulfide) groups is 1.